The Balaban J connectivity index is 1.89. The number of ether oxygens (including phenoxy) is 1. The maximum atomic E-state index is 12.3. The highest BCUT2D eigenvalue weighted by atomic mass is 16.6. The van der Waals surface area contributed by atoms with Gasteiger partial charge in [0.25, 0.3) is 0 Å². The Morgan fingerprint density at radius 1 is 1.13 bits per heavy atom. The van der Waals surface area contributed by atoms with Crippen LogP contribution in [0.1, 0.15) is 42.3 Å². The monoisotopic (exact) mass is 307 g/mol. The Morgan fingerprint density at radius 2 is 1.91 bits per heavy atom. The normalized spacial score (nSPS) is 13.1. The van der Waals surface area contributed by atoms with Gasteiger partial charge in [0.2, 0.25) is 0 Å². The van der Waals surface area contributed by atoms with Crippen molar-refractivity contribution in [2.45, 2.75) is 26.4 Å². The number of aromatic nitrogens is 1. The molecule has 1 aromatic carbocycles. The number of ketones is 1. The molecule has 1 aromatic heterocycles. The average Bonchev–Trinajstić information content (AvgIpc) is 2.77. The summed E-state index contributed by atoms with van der Waals surface area (Å²) in [5.74, 6) is -0.404. The summed E-state index contributed by atoms with van der Waals surface area (Å²) in [6.07, 6.45) is 4.74. The van der Waals surface area contributed by atoms with Gasteiger partial charge in [0.15, 0.2) is 5.78 Å². The van der Waals surface area contributed by atoms with Crippen molar-refractivity contribution in [2.75, 3.05) is 0 Å². The van der Waals surface area contributed by atoms with E-state index in [1.165, 1.54) is 6.08 Å². The SMILES string of the molecule is CC(C)(C)OC(=O)/C=C/c1ccc2c(c1)-c1ncccc1C2=O. The van der Waals surface area contributed by atoms with Gasteiger partial charge >= 0.3 is 5.97 Å². The van der Waals surface area contributed by atoms with Crippen molar-refractivity contribution < 1.29 is 14.3 Å². The van der Waals surface area contributed by atoms with Gasteiger partial charge in [-0.25, -0.2) is 4.79 Å². The van der Waals surface area contributed by atoms with Crippen molar-refractivity contribution in [1.82, 2.24) is 4.98 Å². The van der Waals surface area contributed by atoms with E-state index in [-0.39, 0.29) is 5.78 Å². The van der Waals surface area contributed by atoms with E-state index in [9.17, 15) is 9.59 Å². The van der Waals surface area contributed by atoms with Crippen molar-refractivity contribution in [1.29, 1.82) is 0 Å². The molecule has 2 aromatic rings. The maximum absolute atomic E-state index is 12.3. The fourth-order valence-electron chi connectivity index (χ4n) is 2.51. The molecule has 1 heterocycles. The van der Waals surface area contributed by atoms with Gasteiger partial charge < -0.3 is 4.74 Å². The Hall–Kier alpha value is -2.75. The first kappa shape index (κ1) is 15.2. The zero-order chi connectivity index (χ0) is 16.6. The first-order chi connectivity index (χ1) is 10.8. The predicted molar refractivity (Wildman–Crippen MR) is 88.0 cm³/mol. The summed E-state index contributed by atoms with van der Waals surface area (Å²) in [4.78, 5) is 28.3. The van der Waals surface area contributed by atoms with Crippen molar-refractivity contribution >= 4 is 17.8 Å². The van der Waals surface area contributed by atoms with E-state index in [1.807, 2.05) is 32.9 Å². The van der Waals surface area contributed by atoms with Crippen LogP contribution >= 0.6 is 0 Å². The van der Waals surface area contributed by atoms with Crippen molar-refractivity contribution in [3.8, 4) is 11.3 Å². The zero-order valence-electron chi connectivity index (χ0n) is 13.3. The van der Waals surface area contributed by atoms with Crippen LogP contribution in [-0.2, 0) is 9.53 Å². The molecule has 0 amide bonds. The fraction of sp³-hybridized carbons (Fsp3) is 0.211. The number of hydrogen-bond donors (Lipinski definition) is 0. The van der Waals surface area contributed by atoms with E-state index in [0.29, 0.717) is 16.8 Å². The van der Waals surface area contributed by atoms with E-state index in [4.69, 9.17) is 4.74 Å². The molecule has 1 aliphatic rings. The number of nitrogens with zero attached hydrogens (tertiary/aromatic N) is 1. The Morgan fingerprint density at radius 3 is 2.65 bits per heavy atom. The van der Waals surface area contributed by atoms with Crippen molar-refractivity contribution in [3.63, 3.8) is 0 Å². The molecule has 0 saturated heterocycles. The summed E-state index contributed by atoms with van der Waals surface area (Å²) >= 11 is 0. The van der Waals surface area contributed by atoms with Crippen LogP contribution in [0.5, 0.6) is 0 Å². The van der Waals surface area contributed by atoms with Crippen molar-refractivity contribution in [3.05, 3.63) is 59.3 Å². The topological polar surface area (TPSA) is 56.3 Å². The molecule has 0 N–H and O–H groups in total. The van der Waals surface area contributed by atoms with Gasteiger partial charge in [-0.05, 0) is 56.7 Å². The number of carbonyl (C=O) groups is 2. The lowest BCUT2D eigenvalue weighted by molar-refractivity contribution is -0.148. The smallest absolute Gasteiger partial charge is 0.331 e. The molecule has 0 aliphatic heterocycles. The molecule has 4 nitrogen and oxygen atoms in total. The van der Waals surface area contributed by atoms with E-state index >= 15 is 0 Å². The highest BCUT2D eigenvalue weighted by Gasteiger charge is 2.27. The van der Waals surface area contributed by atoms with Crippen LogP contribution in [0.25, 0.3) is 17.3 Å². The molecule has 0 unspecified atom stereocenters. The van der Waals surface area contributed by atoms with Crippen LogP contribution in [0.15, 0.2) is 42.6 Å². The minimum absolute atomic E-state index is 0.00854. The van der Waals surface area contributed by atoms with E-state index in [0.717, 1.165) is 11.1 Å². The Bertz CT molecular complexity index is 829. The van der Waals surface area contributed by atoms with Crippen LogP contribution in [0.3, 0.4) is 0 Å². The first-order valence-electron chi connectivity index (χ1n) is 7.40. The number of fused-ring (bicyclic) bond motifs is 3. The second kappa shape index (κ2) is 5.47. The van der Waals surface area contributed by atoms with Crippen LogP contribution in [0.2, 0.25) is 0 Å². The van der Waals surface area contributed by atoms with Gasteiger partial charge in [0.1, 0.15) is 5.60 Å². The van der Waals surface area contributed by atoms with Gasteiger partial charge in [-0.3, -0.25) is 9.78 Å². The second-order valence-corrected chi connectivity index (χ2v) is 6.40. The molecule has 1 aliphatic carbocycles. The largest absolute Gasteiger partial charge is 0.457 e. The average molecular weight is 307 g/mol. The summed E-state index contributed by atoms with van der Waals surface area (Å²) in [5.41, 5.74) is 3.07. The molecule has 116 valence electrons. The maximum Gasteiger partial charge on any atom is 0.331 e. The summed E-state index contributed by atoms with van der Waals surface area (Å²) in [6, 6.07) is 8.98. The molecule has 0 bridgehead atoms. The molecule has 0 radical (unpaired) electrons. The van der Waals surface area contributed by atoms with Crippen LogP contribution in [0, 0.1) is 0 Å². The minimum atomic E-state index is -0.519. The summed E-state index contributed by atoms with van der Waals surface area (Å²) < 4.78 is 5.23. The molecule has 0 fully saturated rings. The minimum Gasteiger partial charge on any atom is -0.457 e. The number of benzene rings is 1. The van der Waals surface area contributed by atoms with E-state index in [2.05, 4.69) is 4.98 Å². The molecule has 0 saturated carbocycles. The molecule has 4 heteroatoms. The van der Waals surface area contributed by atoms with Gasteiger partial charge in [0, 0.05) is 29.0 Å². The van der Waals surface area contributed by atoms with Crippen LogP contribution in [-0.4, -0.2) is 22.3 Å². The molecular weight excluding hydrogens is 290 g/mol. The summed E-state index contributed by atoms with van der Waals surface area (Å²) in [5, 5.41) is 0. The lowest BCUT2D eigenvalue weighted by Crippen LogP contribution is -2.22. The van der Waals surface area contributed by atoms with Gasteiger partial charge in [0.05, 0.1) is 5.69 Å². The van der Waals surface area contributed by atoms with Crippen LogP contribution in [0.4, 0.5) is 0 Å². The first-order valence-corrected chi connectivity index (χ1v) is 7.40. The quantitative estimate of drug-likeness (QED) is 0.535. The van der Waals surface area contributed by atoms with Gasteiger partial charge in [-0.1, -0.05) is 6.07 Å². The highest BCUT2D eigenvalue weighted by Crippen LogP contribution is 2.35. The third-order valence-corrected chi connectivity index (χ3v) is 3.41. The van der Waals surface area contributed by atoms with E-state index in [1.54, 1.807) is 30.5 Å². The molecule has 3 rings (SSSR count). The molecule has 23 heavy (non-hydrogen) atoms. The second-order valence-electron chi connectivity index (χ2n) is 6.40. The predicted octanol–water partition coefficient (Wildman–Crippen LogP) is 3.65. The van der Waals surface area contributed by atoms with Gasteiger partial charge in [-0.2, -0.15) is 0 Å². The fourth-order valence-corrected chi connectivity index (χ4v) is 2.51. The molecular formula is C19H17NO3. The number of pyridine rings is 1. The lowest BCUT2D eigenvalue weighted by Gasteiger charge is -2.17. The summed E-state index contributed by atoms with van der Waals surface area (Å²) in [6.45, 7) is 5.47. The zero-order valence-corrected chi connectivity index (χ0v) is 13.3. The van der Waals surface area contributed by atoms with Crippen LogP contribution < -0.4 is 0 Å². The standard InChI is InChI=1S/C19H17NO3/c1-19(2,3)23-16(21)9-7-12-6-8-13-15(11-12)17-14(18(13)22)5-4-10-20-17/h4-11H,1-3H3/b9-7+. The highest BCUT2D eigenvalue weighted by molar-refractivity contribution is 6.21. The third kappa shape index (κ3) is 3.06. The molecule has 0 spiro atoms. The number of hydrogen-bond acceptors (Lipinski definition) is 4. The number of rotatable bonds is 2. The van der Waals surface area contributed by atoms with Gasteiger partial charge in [-0.15, -0.1) is 0 Å². The Kier molecular flexibility index (Phi) is 3.60. The lowest BCUT2D eigenvalue weighted by atomic mass is 10.0. The Labute approximate surface area is 134 Å². The van der Waals surface area contributed by atoms with E-state index < -0.39 is 11.6 Å². The number of carbonyl (C=O) groups excluding carboxylic acids is 2. The third-order valence-electron chi connectivity index (χ3n) is 3.41. The summed E-state index contributed by atoms with van der Waals surface area (Å²) in [7, 11) is 0. The number of esters is 1. The molecule has 0 atom stereocenters. The van der Waals surface area contributed by atoms with Crippen molar-refractivity contribution in [2.24, 2.45) is 0 Å².